The van der Waals surface area contributed by atoms with E-state index in [0.717, 1.165) is 4.73 Å². The Hall–Kier alpha value is -2.10. The first-order valence-corrected chi connectivity index (χ1v) is 10.9. The smallest absolute Gasteiger partial charge is 0.252 e. The Morgan fingerprint density at radius 2 is 1.70 bits per heavy atom. The van der Waals surface area contributed by atoms with E-state index in [9.17, 15) is 18.4 Å². The van der Waals surface area contributed by atoms with E-state index in [1.54, 1.807) is 60.4 Å². The highest BCUT2D eigenvalue weighted by atomic mass is 32.2. The predicted molar refractivity (Wildman–Crippen MR) is 103 cm³/mol. The molecule has 1 aliphatic heterocycles. The standard InChI is InChI=1S/C18H21N3O4S2/c1-15(26-17-9-5-6-10-21(17)23)18(22)19-11-13-20(14-12-19)27(24,25)16-7-3-2-4-8-16/h2-10,15H,11-14H2,1H3. The van der Waals surface area contributed by atoms with Gasteiger partial charge in [0.15, 0.2) is 6.20 Å². The number of aromatic nitrogens is 1. The molecule has 27 heavy (non-hydrogen) atoms. The average molecular weight is 408 g/mol. The number of thioether (sulfide) groups is 1. The molecule has 0 aliphatic carbocycles. The van der Waals surface area contributed by atoms with Crippen molar-refractivity contribution in [2.45, 2.75) is 22.1 Å². The predicted octanol–water partition coefficient (Wildman–Crippen LogP) is 1.33. The van der Waals surface area contributed by atoms with Crippen LogP contribution in [0.2, 0.25) is 0 Å². The number of pyridine rings is 1. The summed E-state index contributed by atoms with van der Waals surface area (Å²) in [6.45, 7) is 2.94. The molecule has 0 bridgehead atoms. The molecule has 1 aromatic heterocycles. The van der Waals surface area contributed by atoms with Gasteiger partial charge in [-0.3, -0.25) is 4.79 Å². The Morgan fingerprint density at radius 3 is 2.33 bits per heavy atom. The number of amides is 1. The molecule has 144 valence electrons. The van der Waals surface area contributed by atoms with Crippen LogP contribution in [0, 0.1) is 5.21 Å². The first-order chi connectivity index (χ1) is 12.9. The molecule has 1 atom stereocenters. The van der Waals surface area contributed by atoms with Crippen LogP contribution in [0.1, 0.15) is 6.92 Å². The van der Waals surface area contributed by atoms with Crippen molar-refractivity contribution in [3.8, 4) is 0 Å². The van der Waals surface area contributed by atoms with Gasteiger partial charge in [0.1, 0.15) is 0 Å². The molecule has 2 heterocycles. The van der Waals surface area contributed by atoms with E-state index in [1.807, 2.05) is 0 Å². The van der Waals surface area contributed by atoms with Crippen LogP contribution < -0.4 is 4.73 Å². The van der Waals surface area contributed by atoms with E-state index in [0.29, 0.717) is 18.1 Å². The molecule has 1 aromatic carbocycles. The van der Waals surface area contributed by atoms with Gasteiger partial charge in [-0.15, -0.1) is 0 Å². The molecule has 2 aromatic rings. The van der Waals surface area contributed by atoms with Gasteiger partial charge in [-0.1, -0.05) is 18.2 Å². The van der Waals surface area contributed by atoms with E-state index in [1.165, 1.54) is 22.3 Å². The molecule has 0 N–H and O–H groups in total. The van der Waals surface area contributed by atoms with Gasteiger partial charge in [0.05, 0.1) is 10.1 Å². The van der Waals surface area contributed by atoms with Crippen LogP contribution in [0.5, 0.6) is 0 Å². The maximum absolute atomic E-state index is 12.7. The van der Waals surface area contributed by atoms with Crippen molar-refractivity contribution in [1.82, 2.24) is 9.21 Å². The number of benzene rings is 1. The molecule has 7 nitrogen and oxygen atoms in total. The second-order valence-corrected chi connectivity index (χ2v) is 9.47. The molecule has 0 saturated carbocycles. The van der Waals surface area contributed by atoms with E-state index >= 15 is 0 Å². The minimum Gasteiger partial charge on any atom is -0.618 e. The van der Waals surface area contributed by atoms with Crippen LogP contribution >= 0.6 is 11.8 Å². The Bertz CT molecular complexity index is 898. The molecule has 1 saturated heterocycles. The van der Waals surface area contributed by atoms with Crippen LogP contribution in [-0.4, -0.2) is 55.0 Å². The van der Waals surface area contributed by atoms with Gasteiger partial charge in [0, 0.05) is 38.3 Å². The lowest BCUT2D eigenvalue weighted by molar-refractivity contribution is -0.645. The van der Waals surface area contributed by atoms with Gasteiger partial charge in [-0.05, 0) is 36.9 Å². The van der Waals surface area contributed by atoms with E-state index in [4.69, 9.17) is 0 Å². The van der Waals surface area contributed by atoms with Gasteiger partial charge in [0.2, 0.25) is 15.9 Å². The van der Waals surface area contributed by atoms with Crippen molar-refractivity contribution >= 4 is 27.7 Å². The van der Waals surface area contributed by atoms with E-state index < -0.39 is 15.3 Å². The Kier molecular flexibility index (Phi) is 6.03. The third-order valence-electron chi connectivity index (χ3n) is 4.37. The molecule has 1 unspecified atom stereocenters. The first-order valence-electron chi connectivity index (χ1n) is 8.58. The van der Waals surface area contributed by atoms with Crippen molar-refractivity contribution < 1.29 is 17.9 Å². The van der Waals surface area contributed by atoms with Gasteiger partial charge < -0.3 is 10.1 Å². The molecule has 9 heteroatoms. The molecule has 1 aliphatic rings. The number of hydrogen-bond acceptors (Lipinski definition) is 5. The van der Waals surface area contributed by atoms with Gasteiger partial charge in [-0.25, -0.2) is 8.42 Å². The summed E-state index contributed by atoms with van der Waals surface area (Å²) in [6, 6.07) is 13.4. The third-order valence-corrected chi connectivity index (χ3v) is 7.39. The van der Waals surface area contributed by atoms with E-state index in [-0.39, 0.29) is 23.9 Å². The molecular weight excluding hydrogens is 386 g/mol. The highest BCUT2D eigenvalue weighted by Gasteiger charge is 2.32. The highest BCUT2D eigenvalue weighted by Crippen LogP contribution is 2.23. The number of hydrogen-bond donors (Lipinski definition) is 0. The van der Waals surface area contributed by atoms with E-state index in [2.05, 4.69) is 0 Å². The summed E-state index contributed by atoms with van der Waals surface area (Å²) in [5.74, 6) is -0.0967. The molecule has 0 radical (unpaired) electrons. The maximum atomic E-state index is 12.7. The largest absolute Gasteiger partial charge is 0.618 e. The number of nitrogens with zero attached hydrogens (tertiary/aromatic N) is 3. The molecule has 1 amide bonds. The molecule has 1 fully saturated rings. The number of carbonyl (C=O) groups excluding carboxylic acids is 1. The quantitative estimate of drug-likeness (QED) is 0.424. The Labute approximate surface area is 163 Å². The minimum absolute atomic E-state index is 0.0967. The summed E-state index contributed by atoms with van der Waals surface area (Å²) >= 11 is 1.20. The summed E-state index contributed by atoms with van der Waals surface area (Å²) in [7, 11) is -3.54. The monoisotopic (exact) mass is 407 g/mol. The highest BCUT2D eigenvalue weighted by molar-refractivity contribution is 8.00. The topological polar surface area (TPSA) is 84.6 Å². The lowest BCUT2D eigenvalue weighted by atomic mass is 10.3. The van der Waals surface area contributed by atoms with Gasteiger partial charge in [-0.2, -0.15) is 9.04 Å². The van der Waals surface area contributed by atoms with Crippen LogP contribution in [0.15, 0.2) is 64.6 Å². The zero-order chi connectivity index (χ0) is 19.4. The van der Waals surface area contributed by atoms with Crippen molar-refractivity contribution in [3.05, 3.63) is 59.9 Å². The third kappa shape index (κ3) is 4.42. The number of rotatable bonds is 5. The summed E-state index contributed by atoms with van der Waals surface area (Å²) in [6.07, 6.45) is 1.40. The maximum Gasteiger partial charge on any atom is 0.252 e. The minimum atomic E-state index is -3.54. The SMILES string of the molecule is CC(Sc1cccc[n+]1[O-])C(=O)N1CCN(S(=O)(=O)c2ccccc2)CC1. The lowest BCUT2D eigenvalue weighted by Crippen LogP contribution is -2.52. The second-order valence-electron chi connectivity index (χ2n) is 6.17. The Balaban J connectivity index is 1.60. The fraction of sp³-hybridized carbons (Fsp3) is 0.333. The van der Waals surface area contributed by atoms with Crippen molar-refractivity contribution in [2.75, 3.05) is 26.2 Å². The van der Waals surface area contributed by atoms with Crippen LogP contribution in [0.25, 0.3) is 0 Å². The second kappa shape index (κ2) is 8.28. The van der Waals surface area contributed by atoms with Gasteiger partial charge >= 0.3 is 0 Å². The van der Waals surface area contributed by atoms with Crippen molar-refractivity contribution in [1.29, 1.82) is 0 Å². The van der Waals surface area contributed by atoms with Crippen LogP contribution in [0.4, 0.5) is 0 Å². The molecular formula is C18H21N3O4S2. The van der Waals surface area contributed by atoms with Crippen LogP contribution in [-0.2, 0) is 14.8 Å². The molecule has 0 spiro atoms. The van der Waals surface area contributed by atoms with Crippen LogP contribution in [0.3, 0.4) is 0 Å². The summed E-state index contributed by atoms with van der Waals surface area (Å²) < 4.78 is 27.5. The lowest BCUT2D eigenvalue weighted by Gasteiger charge is -2.35. The van der Waals surface area contributed by atoms with Crippen molar-refractivity contribution in [2.24, 2.45) is 0 Å². The number of piperazine rings is 1. The molecule has 3 rings (SSSR count). The zero-order valence-electron chi connectivity index (χ0n) is 14.9. The summed E-state index contributed by atoms with van der Waals surface area (Å²) in [4.78, 5) is 14.6. The number of carbonyl (C=O) groups is 1. The number of sulfonamides is 1. The zero-order valence-corrected chi connectivity index (χ0v) is 16.5. The summed E-state index contributed by atoms with van der Waals surface area (Å²) in [5, 5.41) is 11.8. The van der Waals surface area contributed by atoms with Crippen molar-refractivity contribution in [3.63, 3.8) is 0 Å². The first kappa shape index (κ1) is 19.7. The fourth-order valence-corrected chi connectivity index (χ4v) is 5.26. The average Bonchev–Trinajstić information content (AvgIpc) is 2.70. The summed E-state index contributed by atoms with van der Waals surface area (Å²) in [5.41, 5.74) is 0. The Morgan fingerprint density at radius 1 is 1.07 bits per heavy atom. The fourth-order valence-electron chi connectivity index (χ4n) is 2.88. The normalized spacial score (nSPS) is 16.9. The van der Waals surface area contributed by atoms with Gasteiger partial charge in [0.25, 0.3) is 5.03 Å².